The summed E-state index contributed by atoms with van der Waals surface area (Å²) in [6.45, 7) is 1.67. The fraction of sp³-hybridized carbons (Fsp3) is 0.0667. The van der Waals surface area contributed by atoms with Crippen LogP contribution in [-0.2, 0) is 0 Å². The third-order valence-corrected chi connectivity index (χ3v) is 2.56. The highest BCUT2D eigenvalue weighted by Crippen LogP contribution is 2.18. The predicted octanol–water partition coefficient (Wildman–Crippen LogP) is 3.91. The second kappa shape index (κ2) is 6.95. The van der Waals surface area contributed by atoms with Crippen LogP contribution in [0.2, 0.25) is 0 Å². The zero-order valence-electron chi connectivity index (χ0n) is 11.4. The van der Waals surface area contributed by atoms with Crippen LogP contribution in [0.1, 0.15) is 17.3 Å². The SMILES string of the molecule is C/C(N=Nc1ccccc1C(=O)O)=N/Nc1ccccc1. The van der Waals surface area contributed by atoms with Gasteiger partial charge in [-0.3, -0.25) is 5.43 Å². The van der Waals surface area contributed by atoms with E-state index in [-0.39, 0.29) is 5.56 Å². The van der Waals surface area contributed by atoms with Crippen LogP contribution in [0.5, 0.6) is 0 Å². The maximum Gasteiger partial charge on any atom is 0.337 e. The lowest BCUT2D eigenvalue weighted by molar-refractivity contribution is 0.0698. The number of aromatic carboxylic acids is 1. The van der Waals surface area contributed by atoms with E-state index in [0.29, 0.717) is 11.5 Å². The Bertz CT molecular complexity index is 681. The van der Waals surface area contributed by atoms with E-state index >= 15 is 0 Å². The summed E-state index contributed by atoms with van der Waals surface area (Å²) in [6, 6.07) is 15.8. The highest BCUT2D eigenvalue weighted by molar-refractivity contribution is 5.93. The molecule has 2 N–H and O–H groups in total. The van der Waals surface area contributed by atoms with Crippen LogP contribution in [-0.4, -0.2) is 16.9 Å². The van der Waals surface area contributed by atoms with Crippen LogP contribution in [0, 0.1) is 0 Å². The number of carboxylic acids is 1. The quantitative estimate of drug-likeness (QED) is 0.385. The Morgan fingerprint density at radius 2 is 1.71 bits per heavy atom. The second-order valence-electron chi connectivity index (χ2n) is 4.16. The molecular formula is C15H14N4O2. The third kappa shape index (κ3) is 4.24. The number of nitrogens with one attached hydrogen (secondary N) is 1. The van der Waals surface area contributed by atoms with Crippen molar-refractivity contribution >= 4 is 23.2 Å². The van der Waals surface area contributed by atoms with Crippen molar-refractivity contribution < 1.29 is 9.90 Å². The molecule has 106 valence electrons. The van der Waals surface area contributed by atoms with Gasteiger partial charge in [-0.25, -0.2) is 4.79 Å². The van der Waals surface area contributed by atoms with Crippen LogP contribution in [0.4, 0.5) is 11.4 Å². The van der Waals surface area contributed by atoms with Gasteiger partial charge in [-0.15, -0.1) is 10.2 Å². The number of nitrogens with zero attached hydrogens (tertiary/aromatic N) is 3. The molecule has 0 bridgehead atoms. The summed E-state index contributed by atoms with van der Waals surface area (Å²) in [5.74, 6) is -0.652. The number of carbonyl (C=O) groups is 1. The molecule has 0 amide bonds. The predicted molar refractivity (Wildman–Crippen MR) is 81.1 cm³/mol. The first-order valence-corrected chi connectivity index (χ1v) is 6.26. The number of hydrogen-bond donors (Lipinski definition) is 2. The second-order valence-corrected chi connectivity index (χ2v) is 4.16. The number of hydrazone groups is 1. The Morgan fingerprint density at radius 3 is 2.43 bits per heavy atom. The fourth-order valence-electron chi connectivity index (χ4n) is 1.55. The summed E-state index contributed by atoms with van der Waals surface area (Å²) < 4.78 is 0. The van der Waals surface area contributed by atoms with E-state index in [0.717, 1.165) is 5.69 Å². The van der Waals surface area contributed by atoms with E-state index in [1.807, 2.05) is 30.3 Å². The maximum absolute atomic E-state index is 11.0. The lowest BCUT2D eigenvalue weighted by atomic mass is 10.2. The Morgan fingerprint density at radius 1 is 1.05 bits per heavy atom. The number of carboxylic acid groups (broad SMARTS) is 1. The molecule has 0 aromatic heterocycles. The first-order valence-electron chi connectivity index (χ1n) is 6.26. The van der Waals surface area contributed by atoms with E-state index in [1.54, 1.807) is 25.1 Å². The van der Waals surface area contributed by atoms with Crippen molar-refractivity contribution in [2.75, 3.05) is 5.43 Å². The molecule has 0 fully saturated rings. The zero-order valence-corrected chi connectivity index (χ0v) is 11.4. The highest BCUT2D eigenvalue weighted by atomic mass is 16.4. The molecule has 0 saturated carbocycles. The van der Waals surface area contributed by atoms with Gasteiger partial charge in [0.2, 0.25) is 0 Å². The third-order valence-electron chi connectivity index (χ3n) is 2.56. The van der Waals surface area contributed by atoms with Gasteiger partial charge in [0.1, 0.15) is 5.69 Å². The van der Waals surface area contributed by atoms with Crippen LogP contribution >= 0.6 is 0 Å². The Kier molecular flexibility index (Phi) is 4.76. The average Bonchev–Trinajstić information content (AvgIpc) is 2.52. The normalized spacial score (nSPS) is 11.6. The monoisotopic (exact) mass is 282 g/mol. The molecule has 0 spiro atoms. The molecule has 6 heteroatoms. The van der Waals surface area contributed by atoms with Gasteiger partial charge >= 0.3 is 5.97 Å². The van der Waals surface area contributed by atoms with Crippen LogP contribution < -0.4 is 5.43 Å². The Hall–Kier alpha value is -3.02. The van der Waals surface area contributed by atoms with Crippen molar-refractivity contribution in [3.05, 3.63) is 60.2 Å². The summed E-state index contributed by atoms with van der Waals surface area (Å²) in [7, 11) is 0. The van der Waals surface area contributed by atoms with Crippen LogP contribution in [0.25, 0.3) is 0 Å². The molecule has 2 aromatic carbocycles. The van der Waals surface area contributed by atoms with Crippen molar-refractivity contribution in [3.8, 4) is 0 Å². The van der Waals surface area contributed by atoms with E-state index in [1.165, 1.54) is 6.07 Å². The first-order chi connectivity index (χ1) is 10.2. The number of rotatable bonds is 4. The molecule has 0 saturated heterocycles. The first kappa shape index (κ1) is 14.4. The Labute approximate surface area is 121 Å². The summed E-state index contributed by atoms with van der Waals surface area (Å²) in [5, 5.41) is 20.9. The van der Waals surface area contributed by atoms with Crippen molar-refractivity contribution in [3.63, 3.8) is 0 Å². The van der Waals surface area contributed by atoms with Crippen molar-refractivity contribution in [2.45, 2.75) is 6.92 Å². The van der Waals surface area contributed by atoms with Gasteiger partial charge < -0.3 is 5.11 Å². The number of hydrogen-bond acceptors (Lipinski definition) is 4. The molecule has 6 nitrogen and oxygen atoms in total. The average molecular weight is 282 g/mol. The van der Waals surface area contributed by atoms with Gasteiger partial charge in [0, 0.05) is 0 Å². The Balaban J connectivity index is 2.09. The molecular weight excluding hydrogens is 268 g/mol. The van der Waals surface area contributed by atoms with E-state index in [4.69, 9.17) is 5.11 Å². The smallest absolute Gasteiger partial charge is 0.337 e. The molecule has 0 unspecified atom stereocenters. The lowest BCUT2D eigenvalue weighted by Crippen LogP contribution is -1.96. The van der Waals surface area contributed by atoms with Gasteiger partial charge in [-0.1, -0.05) is 30.3 Å². The minimum atomic E-state index is -1.04. The minimum absolute atomic E-state index is 0.102. The van der Waals surface area contributed by atoms with E-state index < -0.39 is 5.97 Å². The molecule has 2 rings (SSSR count). The number of para-hydroxylation sites is 1. The fourth-order valence-corrected chi connectivity index (χ4v) is 1.55. The van der Waals surface area contributed by atoms with E-state index in [2.05, 4.69) is 20.8 Å². The molecule has 0 atom stereocenters. The van der Waals surface area contributed by atoms with Gasteiger partial charge in [0.05, 0.1) is 11.3 Å². The molecule has 0 aliphatic heterocycles. The van der Waals surface area contributed by atoms with Gasteiger partial charge in [0.15, 0.2) is 5.84 Å². The number of azo groups is 1. The largest absolute Gasteiger partial charge is 0.478 e. The maximum atomic E-state index is 11.0. The number of benzene rings is 2. The van der Waals surface area contributed by atoms with Gasteiger partial charge in [-0.05, 0) is 31.2 Å². The van der Waals surface area contributed by atoms with Crippen molar-refractivity contribution in [1.29, 1.82) is 0 Å². The van der Waals surface area contributed by atoms with Crippen molar-refractivity contribution in [1.82, 2.24) is 0 Å². The number of anilines is 1. The number of amidine groups is 1. The molecule has 21 heavy (non-hydrogen) atoms. The lowest BCUT2D eigenvalue weighted by Gasteiger charge is -2.00. The molecule has 0 radical (unpaired) electrons. The summed E-state index contributed by atoms with van der Waals surface area (Å²) >= 11 is 0. The van der Waals surface area contributed by atoms with Crippen molar-refractivity contribution in [2.24, 2.45) is 15.3 Å². The molecule has 0 aliphatic carbocycles. The minimum Gasteiger partial charge on any atom is -0.478 e. The molecule has 0 aliphatic rings. The van der Waals surface area contributed by atoms with Crippen LogP contribution in [0.3, 0.4) is 0 Å². The van der Waals surface area contributed by atoms with E-state index in [9.17, 15) is 4.79 Å². The zero-order chi connectivity index (χ0) is 15.1. The van der Waals surface area contributed by atoms with Gasteiger partial charge in [-0.2, -0.15) is 5.10 Å². The summed E-state index contributed by atoms with van der Waals surface area (Å²) in [4.78, 5) is 11.0. The van der Waals surface area contributed by atoms with Crippen LogP contribution in [0.15, 0.2) is 69.9 Å². The summed E-state index contributed by atoms with van der Waals surface area (Å²) in [6.07, 6.45) is 0. The molecule has 2 aromatic rings. The summed E-state index contributed by atoms with van der Waals surface area (Å²) in [5.41, 5.74) is 4.06. The van der Waals surface area contributed by atoms with Gasteiger partial charge in [0.25, 0.3) is 0 Å². The molecule has 0 heterocycles. The topological polar surface area (TPSA) is 86.4 Å². The standard InChI is InChI=1S/C15H14N4O2/c1-11(16-18-12-7-3-2-4-8-12)17-19-14-10-6-5-9-13(14)15(20)21/h2-10,18H,1H3,(H,20,21)/b16-11-,19-17?. The highest BCUT2D eigenvalue weighted by Gasteiger charge is 2.07.